The van der Waals surface area contributed by atoms with Crippen LogP contribution in [-0.2, 0) is 13.6 Å². The van der Waals surface area contributed by atoms with Crippen LogP contribution in [0.1, 0.15) is 24.2 Å². The van der Waals surface area contributed by atoms with E-state index in [1.807, 2.05) is 44.4 Å². The van der Waals surface area contributed by atoms with E-state index in [0.29, 0.717) is 0 Å². The Morgan fingerprint density at radius 2 is 2.14 bits per heavy atom. The Balaban J connectivity index is 2.02. The molecule has 0 radical (unpaired) electrons. The first-order valence-corrected chi connectivity index (χ1v) is 7.08. The van der Waals surface area contributed by atoms with Crippen molar-refractivity contribution < 1.29 is 4.74 Å². The van der Waals surface area contributed by atoms with Gasteiger partial charge in [-0.3, -0.25) is 0 Å². The summed E-state index contributed by atoms with van der Waals surface area (Å²) in [5.41, 5.74) is 2.37. The molecule has 5 heteroatoms. The normalized spacial score (nSPS) is 12.2. The molecule has 0 spiro atoms. The lowest BCUT2D eigenvalue weighted by Gasteiger charge is -2.16. The van der Waals surface area contributed by atoms with Gasteiger partial charge in [0.1, 0.15) is 5.75 Å². The number of hydrogen-bond acceptors (Lipinski definition) is 4. The molecule has 21 heavy (non-hydrogen) atoms. The van der Waals surface area contributed by atoms with E-state index in [1.165, 1.54) is 5.56 Å². The number of rotatable bonds is 6. The molecular formula is C16H24N4O. The molecule has 2 aromatic rings. The largest absolute Gasteiger partial charge is 0.497 e. The summed E-state index contributed by atoms with van der Waals surface area (Å²) in [6.07, 6.45) is 1.92. The van der Waals surface area contributed by atoms with Gasteiger partial charge in [0.25, 0.3) is 0 Å². The lowest BCUT2D eigenvalue weighted by Crippen LogP contribution is -2.20. The van der Waals surface area contributed by atoms with Crippen molar-refractivity contribution in [2.45, 2.75) is 19.5 Å². The van der Waals surface area contributed by atoms with Gasteiger partial charge >= 0.3 is 0 Å². The van der Waals surface area contributed by atoms with Gasteiger partial charge in [-0.25, -0.2) is 4.98 Å². The summed E-state index contributed by atoms with van der Waals surface area (Å²) in [5, 5.41) is 3.52. The van der Waals surface area contributed by atoms with Crippen LogP contribution in [0.4, 0.5) is 5.95 Å². The molecule has 0 saturated heterocycles. The number of imidazole rings is 1. The SMILES string of the molecule is COc1cccc(C(C)NCc2cnc(N(C)C)n2C)c1. The van der Waals surface area contributed by atoms with E-state index < -0.39 is 0 Å². The van der Waals surface area contributed by atoms with Crippen LogP contribution >= 0.6 is 0 Å². The van der Waals surface area contributed by atoms with E-state index >= 15 is 0 Å². The average molecular weight is 288 g/mol. The molecule has 1 unspecified atom stereocenters. The van der Waals surface area contributed by atoms with Crippen LogP contribution < -0.4 is 15.0 Å². The van der Waals surface area contributed by atoms with E-state index in [4.69, 9.17) is 4.74 Å². The number of benzene rings is 1. The topological polar surface area (TPSA) is 42.3 Å². The molecule has 1 aromatic heterocycles. The van der Waals surface area contributed by atoms with Crippen molar-refractivity contribution in [3.05, 3.63) is 41.7 Å². The lowest BCUT2D eigenvalue weighted by molar-refractivity contribution is 0.413. The zero-order valence-corrected chi connectivity index (χ0v) is 13.4. The molecule has 5 nitrogen and oxygen atoms in total. The molecular weight excluding hydrogens is 264 g/mol. The van der Waals surface area contributed by atoms with Crippen molar-refractivity contribution in [1.29, 1.82) is 0 Å². The van der Waals surface area contributed by atoms with Gasteiger partial charge in [-0.15, -0.1) is 0 Å². The van der Waals surface area contributed by atoms with Gasteiger partial charge in [-0.1, -0.05) is 12.1 Å². The fourth-order valence-corrected chi connectivity index (χ4v) is 2.30. The molecule has 0 saturated carbocycles. The minimum atomic E-state index is 0.248. The quantitative estimate of drug-likeness (QED) is 0.886. The van der Waals surface area contributed by atoms with Crippen molar-refractivity contribution in [2.75, 3.05) is 26.1 Å². The van der Waals surface area contributed by atoms with Gasteiger partial charge < -0.3 is 19.5 Å². The van der Waals surface area contributed by atoms with Crippen molar-refractivity contribution in [2.24, 2.45) is 7.05 Å². The zero-order valence-electron chi connectivity index (χ0n) is 13.4. The van der Waals surface area contributed by atoms with Crippen molar-refractivity contribution in [1.82, 2.24) is 14.9 Å². The summed E-state index contributed by atoms with van der Waals surface area (Å²) in [5.74, 6) is 1.84. The molecule has 1 heterocycles. The van der Waals surface area contributed by atoms with Crippen molar-refractivity contribution in [3.63, 3.8) is 0 Å². The maximum absolute atomic E-state index is 5.27. The van der Waals surface area contributed by atoms with Crippen LogP contribution in [0.3, 0.4) is 0 Å². The zero-order chi connectivity index (χ0) is 15.4. The minimum Gasteiger partial charge on any atom is -0.497 e. The molecule has 0 aliphatic heterocycles. The predicted molar refractivity (Wildman–Crippen MR) is 85.8 cm³/mol. The highest BCUT2D eigenvalue weighted by Gasteiger charge is 2.10. The Hall–Kier alpha value is -2.01. The Morgan fingerprint density at radius 3 is 2.76 bits per heavy atom. The number of anilines is 1. The van der Waals surface area contributed by atoms with Crippen LogP contribution in [0.25, 0.3) is 0 Å². The van der Waals surface area contributed by atoms with E-state index in [9.17, 15) is 0 Å². The highest BCUT2D eigenvalue weighted by molar-refractivity contribution is 5.32. The minimum absolute atomic E-state index is 0.248. The molecule has 2 rings (SSSR count). The third-order valence-corrected chi connectivity index (χ3v) is 3.64. The summed E-state index contributed by atoms with van der Waals surface area (Å²) in [6.45, 7) is 2.92. The van der Waals surface area contributed by atoms with Gasteiger partial charge in [-0.05, 0) is 24.6 Å². The fraction of sp³-hybridized carbons (Fsp3) is 0.438. The van der Waals surface area contributed by atoms with Crippen LogP contribution in [0, 0.1) is 0 Å². The first-order chi connectivity index (χ1) is 10.0. The van der Waals surface area contributed by atoms with E-state index in [-0.39, 0.29) is 6.04 Å². The third kappa shape index (κ3) is 3.55. The van der Waals surface area contributed by atoms with Crippen LogP contribution in [0.2, 0.25) is 0 Å². The van der Waals surface area contributed by atoms with Gasteiger partial charge in [0.05, 0.1) is 19.0 Å². The lowest BCUT2D eigenvalue weighted by atomic mass is 10.1. The maximum Gasteiger partial charge on any atom is 0.204 e. The van der Waals surface area contributed by atoms with Crippen molar-refractivity contribution in [3.8, 4) is 5.75 Å². The second kappa shape index (κ2) is 6.63. The van der Waals surface area contributed by atoms with Gasteiger partial charge in [0.2, 0.25) is 5.95 Å². The average Bonchev–Trinajstić information content (AvgIpc) is 2.86. The second-order valence-electron chi connectivity index (χ2n) is 5.38. The van der Waals surface area contributed by atoms with Gasteiger partial charge in [0, 0.05) is 33.7 Å². The van der Waals surface area contributed by atoms with Gasteiger partial charge in [0.15, 0.2) is 0 Å². The predicted octanol–water partition coefficient (Wildman–Crippen LogP) is 2.35. The van der Waals surface area contributed by atoms with E-state index in [0.717, 1.165) is 23.9 Å². The number of hydrogen-bond donors (Lipinski definition) is 1. The molecule has 1 atom stereocenters. The van der Waals surface area contributed by atoms with E-state index in [2.05, 4.69) is 33.9 Å². The number of ether oxygens (including phenoxy) is 1. The summed E-state index contributed by atoms with van der Waals surface area (Å²) >= 11 is 0. The smallest absolute Gasteiger partial charge is 0.204 e. The summed E-state index contributed by atoms with van der Waals surface area (Å²) in [4.78, 5) is 6.43. The highest BCUT2D eigenvalue weighted by atomic mass is 16.5. The first-order valence-electron chi connectivity index (χ1n) is 7.08. The molecule has 1 N–H and O–H groups in total. The number of nitrogens with zero attached hydrogens (tertiary/aromatic N) is 3. The molecule has 0 aliphatic carbocycles. The van der Waals surface area contributed by atoms with E-state index in [1.54, 1.807) is 7.11 Å². The Labute approximate surface area is 126 Å². The number of aromatic nitrogens is 2. The second-order valence-corrected chi connectivity index (χ2v) is 5.38. The molecule has 0 fully saturated rings. The van der Waals surface area contributed by atoms with Crippen LogP contribution in [0.15, 0.2) is 30.5 Å². The number of nitrogens with one attached hydrogen (secondary N) is 1. The number of methoxy groups -OCH3 is 1. The summed E-state index contributed by atoms with van der Waals surface area (Å²) in [7, 11) is 7.72. The summed E-state index contributed by atoms with van der Waals surface area (Å²) < 4.78 is 7.37. The Bertz CT molecular complexity index is 592. The fourth-order valence-electron chi connectivity index (χ4n) is 2.30. The van der Waals surface area contributed by atoms with Crippen molar-refractivity contribution >= 4 is 5.95 Å². The molecule has 0 amide bonds. The Morgan fingerprint density at radius 1 is 1.38 bits per heavy atom. The molecule has 114 valence electrons. The maximum atomic E-state index is 5.27. The first kappa shape index (κ1) is 15.4. The molecule has 0 bridgehead atoms. The van der Waals surface area contributed by atoms with Gasteiger partial charge in [-0.2, -0.15) is 0 Å². The monoisotopic (exact) mass is 288 g/mol. The highest BCUT2D eigenvalue weighted by Crippen LogP contribution is 2.19. The molecule has 1 aromatic carbocycles. The van der Waals surface area contributed by atoms with Crippen LogP contribution in [-0.4, -0.2) is 30.8 Å². The Kier molecular flexibility index (Phi) is 4.85. The standard InChI is InChI=1S/C16H24N4O/c1-12(13-7-6-8-15(9-13)21-5)17-10-14-11-18-16(19(2)3)20(14)4/h6-9,11-12,17H,10H2,1-5H3. The molecule has 0 aliphatic rings. The van der Waals surface area contributed by atoms with Crippen LogP contribution in [0.5, 0.6) is 5.75 Å². The summed E-state index contributed by atoms with van der Waals surface area (Å²) in [6, 6.07) is 8.39. The third-order valence-electron chi connectivity index (χ3n) is 3.64.